The van der Waals surface area contributed by atoms with Gasteiger partial charge in [-0.25, -0.2) is 4.98 Å². The Balaban J connectivity index is 2.07. The third kappa shape index (κ3) is 1.97. The molecule has 4 heteroatoms. The summed E-state index contributed by atoms with van der Waals surface area (Å²) in [4.78, 5) is 7.75. The lowest BCUT2D eigenvalue weighted by molar-refractivity contribution is 0.667. The molecule has 0 saturated heterocycles. The number of fused-ring (bicyclic) bond motifs is 1. The minimum absolute atomic E-state index is 0.616. The number of alkyl halides is 1. The van der Waals surface area contributed by atoms with Crippen molar-refractivity contribution in [1.29, 1.82) is 0 Å². The second kappa shape index (κ2) is 4.01. The fourth-order valence-corrected chi connectivity index (χ4v) is 1.80. The molecule has 0 unspecified atom stereocenters. The second-order valence-corrected chi connectivity index (χ2v) is 3.71. The van der Waals surface area contributed by atoms with E-state index in [9.17, 15) is 0 Å². The van der Waals surface area contributed by atoms with Crippen molar-refractivity contribution in [2.45, 2.75) is 25.7 Å². The molecule has 0 bridgehead atoms. The Hall–Kier alpha value is -0.700. The van der Waals surface area contributed by atoms with Crippen molar-refractivity contribution in [3.8, 4) is 0 Å². The molecular formula is C9H14ClN3. The average Bonchev–Trinajstić information content (AvgIpc) is 2.57. The van der Waals surface area contributed by atoms with Gasteiger partial charge in [-0.1, -0.05) is 0 Å². The zero-order valence-electron chi connectivity index (χ0n) is 7.57. The number of aromatic amines is 1. The van der Waals surface area contributed by atoms with Crippen LogP contribution >= 0.6 is 11.6 Å². The monoisotopic (exact) mass is 199 g/mol. The Morgan fingerprint density at radius 1 is 1.38 bits per heavy atom. The van der Waals surface area contributed by atoms with E-state index in [4.69, 9.17) is 11.6 Å². The van der Waals surface area contributed by atoms with E-state index in [2.05, 4.69) is 15.3 Å². The van der Waals surface area contributed by atoms with E-state index in [1.54, 1.807) is 0 Å². The Morgan fingerprint density at radius 2 is 2.23 bits per heavy atom. The van der Waals surface area contributed by atoms with E-state index >= 15 is 0 Å². The number of halogens is 1. The standard InChI is InChI=1S/C9H14ClN3/c10-5-6-11-9-12-7-3-1-2-4-8(7)13-9/h1-6H2,(H2,11,12,13). The fraction of sp³-hybridized carbons (Fsp3) is 0.667. The summed E-state index contributed by atoms with van der Waals surface area (Å²) in [5.41, 5.74) is 2.55. The van der Waals surface area contributed by atoms with Gasteiger partial charge in [0.2, 0.25) is 5.95 Å². The van der Waals surface area contributed by atoms with Crippen LogP contribution in [-0.4, -0.2) is 22.4 Å². The second-order valence-electron chi connectivity index (χ2n) is 3.33. The predicted octanol–water partition coefficient (Wildman–Crippen LogP) is 1.94. The van der Waals surface area contributed by atoms with Gasteiger partial charge in [0.1, 0.15) is 0 Å². The Kier molecular flexibility index (Phi) is 2.74. The summed E-state index contributed by atoms with van der Waals surface area (Å²) in [6.45, 7) is 0.772. The van der Waals surface area contributed by atoms with Gasteiger partial charge in [-0.3, -0.25) is 0 Å². The first kappa shape index (κ1) is 8.88. The SMILES string of the molecule is ClCCNc1nc2c([nH]1)CCCC2. The van der Waals surface area contributed by atoms with Crippen LogP contribution in [-0.2, 0) is 12.8 Å². The highest BCUT2D eigenvalue weighted by atomic mass is 35.5. The summed E-state index contributed by atoms with van der Waals surface area (Å²) in [6, 6.07) is 0. The van der Waals surface area contributed by atoms with Crippen LogP contribution in [0.4, 0.5) is 5.95 Å². The number of hydrogen-bond acceptors (Lipinski definition) is 2. The maximum absolute atomic E-state index is 5.57. The number of hydrogen-bond donors (Lipinski definition) is 2. The molecule has 72 valence electrons. The quantitative estimate of drug-likeness (QED) is 0.731. The molecule has 0 aromatic carbocycles. The lowest BCUT2D eigenvalue weighted by atomic mass is 10.0. The highest BCUT2D eigenvalue weighted by Crippen LogP contribution is 2.20. The largest absolute Gasteiger partial charge is 0.355 e. The van der Waals surface area contributed by atoms with Crippen LogP contribution in [0.1, 0.15) is 24.2 Å². The number of rotatable bonds is 3. The summed E-state index contributed by atoms with van der Waals surface area (Å²) < 4.78 is 0. The molecule has 2 rings (SSSR count). The maximum atomic E-state index is 5.57. The summed E-state index contributed by atoms with van der Waals surface area (Å²) in [7, 11) is 0. The van der Waals surface area contributed by atoms with Crippen molar-refractivity contribution in [2.24, 2.45) is 0 Å². The van der Waals surface area contributed by atoms with Crippen LogP contribution in [0.25, 0.3) is 0 Å². The molecule has 1 aliphatic rings. The van der Waals surface area contributed by atoms with Crippen molar-refractivity contribution in [3.63, 3.8) is 0 Å². The topological polar surface area (TPSA) is 40.7 Å². The third-order valence-electron chi connectivity index (χ3n) is 2.34. The lowest BCUT2D eigenvalue weighted by Crippen LogP contribution is -2.03. The smallest absolute Gasteiger partial charge is 0.200 e. The number of aryl methyl sites for hydroxylation is 2. The number of nitrogens with zero attached hydrogens (tertiary/aromatic N) is 1. The summed E-state index contributed by atoms with van der Waals surface area (Å²) >= 11 is 5.57. The van der Waals surface area contributed by atoms with Crippen molar-refractivity contribution in [3.05, 3.63) is 11.4 Å². The Bertz CT molecular complexity index is 259. The number of anilines is 1. The first-order valence-corrected chi connectivity index (χ1v) is 5.31. The highest BCUT2D eigenvalue weighted by molar-refractivity contribution is 6.18. The molecule has 0 aliphatic heterocycles. The molecule has 2 N–H and O–H groups in total. The van der Waals surface area contributed by atoms with Gasteiger partial charge in [0.05, 0.1) is 5.69 Å². The van der Waals surface area contributed by atoms with Crippen LogP contribution in [0.2, 0.25) is 0 Å². The van der Waals surface area contributed by atoms with Gasteiger partial charge in [0.25, 0.3) is 0 Å². The molecule has 0 amide bonds. The molecule has 0 saturated carbocycles. The van der Waals surface area contributed by atoms with Crippen LogP contribution in [0.5, 0.6) is 0 Å². The first-order valence-electron chi connectivity index (χ1n) is 4.78. The molecule has 0 radical (unpaired) electrons. The molecule has 1 aromatic rings. The molecule has 0 spiro atoms. The summed E-state index contributed by atoms with van der Waals surface area (Å²) in [5, 5.41) is 3.15. The van der Waals surface area contributed by atoms with E-state index < -0.39 is 0 Å². The number of imidazole rings is 1. The molecule has 1 heterocycles. The number of nitrogens with one attached hydrogen (secondary N) is 2. The van der Waals surface area contributed by atoms with Gasteiger partial charge in [-0.05, 0) is 25.7 Å². The molecule has 0 atom stereocenters. The van der Waals surface area contributed by atoms with E-state index in [0.717, 1.165) is 25.3 Å². The van der Waals surface area contributed by atoms with E-state index in [0.29, 0.717) is 5.88 Å². The predicted molar refractivity (Wildman–Crippen MR) is 54.4 cm³/mol. The van der Waals surface area contributed by atoms with E-state index in [-0.39, 0.29) is 0 Å². The minimum Gasteiger partial charge on any atom is -0.355 e. The van der Waals surface area contributed by atoms with Gasteiger partial charge >= 0.3 is 0 Å². The number of H-pyrrole nitrogens is 1. The zero-order chi connectivity index (χ0) is 9.10. The fourth-order valence-electron chi connectivity index (χ4n) is 1.70. The maximum Gasteiger partial charge on any atom is 0.200 e. The molecule has 1 aliphatic carbocycles. The Morgan fingerprint density at radius 3 is 3.00 bits per heavy atom. The van der Waals surface area contributed by atoms with Gasteiger partial charge in [0.15, 0.2) is 0 Å². The van der Waals surface area contributed by atoms with Crippen LogP contribution in [0, 0.1) is 0 Å². The van der Waals surface area contributed by atoms with Gasteiger partial charge in [-0.15, -0.1) is 11.6 Å². The number of aromatic nitrogens is 2. The van der Waals surface area contributed by atoms with Gasteiger partial charge < -0.3 is 10.3 Å². The van der Waals surface area contributed by atoms with Gasteiger partial charge in [0, 0.05) is 18.1 Å². The van der Waals surface area contributed by atoms with Crippen molar-refractivity contribution in [1.82, 2.24) is 9.97 Å². The van der Waals surface area contributed by atoms with E-state index in [1.165, 1.54) is 24.2 Å². The van der Waals surface area contributed by atoms with Crippen LogP contribution in [0.15, 0.2) is 0 Å². The average molecular weight is 200 g/mol. The van der Waals surface area contributed by atoms with Crippen molar-refractivity contribution in [2.75, 3.05) is 17.7 Å². The molecule has 1 aromatic heterocycles. The first-order chi connectivity index (χ1) is 6.40. The Labute approximate surface area is 82.9 Å². The lowest BCUT2D eigenvalue weighted by Gasteiger charge is -2.07. The highest BCUT2D eigenvalue weighted by Gasteiger charge is 2.13. The van der Waals surface area contributed by atoms with Crippen molar-refractivity contribution < 1.29 is 0 Å². The van der Waals surface area contributed by atoms with Gasteiger partial charge in [-0.2, -0.15) is 0 Å². The van der Waals surface area contributed by atoms with Crippen molar-refractivity contribution >= 4 is 17.5 Å². The molecule has 3 nitrogen and oxygen atoms in total. The van der Waals surface area contributed by atoms with Crippen LogP contribution < -0.4 is 5.32 Å². The minimum atomic E-state index is 0.616. The van der Waals surface area contributed by atoms with E-state index in [1.807, 2.05) is 0 Å². The van der Waals surface area contributed by atoms with Crippen LogP contribution in [0.3, 0.4) is 0 Å². The molecule has 0 fully saturated rings. The molecular weight excluding hydrogens is 186 g/mol. The third-order valence-corrected chi connectivity index (χ3v) is 2.53. The summed E-state index contributed by atoms with van der Waals surface area (Å²) in [6.07, 6.45) is 4.82. The molecule has 13 heavy (non-hydrogen) atoms. The summed E-state index contributed by atoms with van der Waals surface area (Å²) in [5.74, 6) is 1.50. The zero-order valence-corrected chi connectivity index (χ0v) is 8.32. The normalized spacial score (nSPS) is 15.5.